The second-order valence-corrected chi connectivity index (χ2v) is 1.69. The van der Waals surface area contributed by atoms with E-state index in [1.807, 2.05) is 0 Å². The molecule has 0 aromatic heterocycles. The van der Waals surface area contributed by atoms with Gasteiger partial charge in [-0.15, -0.1) is 0 Å². The number of nitrogens with zero attached hydrogens (tertiary/aromatic N) is 3. The summed E-state index contributed by atoms with van der Waals surface area (Å²) in [6.07, 6.45) is 0. The fourth-order valence-electron chi connectivity index (χ4n) is 0.276. The molecule has 40 valence electrons. The molecule has 0 aliphatic carbocycles. The molecule has 0 aromatic rings. The molecule has 0 bridgehead atoms. The minimum atomic E-state index is -0.153. The van der Waals surface area contributed by atoms with Crippen LogP contribution in [0.4, 0.5) is 0 Å². The van der Waals surface area contributed by atoms with Gasteiger partial charge in [0.1, 0.15) is 0 Å². The molecule has 0 saturated carbocycles. The second-order valence-electron chi connectivity index (χ2n) is 1.24. The third kappa shape index (κ3) is 1.81. The van der Waals surface area contributed by atoms with E-state index in [0.717, 1.165) is 0 Å². The largest absolute Gasteiger partial charge is 1.00 e. The van der Waals surface area contributed by atoms with Crippen LogP contribution in [0.5, 0.6) is 0 Å². The Bertz CT molecular complexity index is 96.0. The molecule has 1 N–H and O–H groups in total. The van der Waals surface area contributed by atoms with Crippen molar-refractivity contribution in [3.63, 3.8) is 0 Å². The van der Waals surface area contributed by atoms with Crippen molar-refractivity contribution in [2.45, 2.75) is 5.50 Å². The van der Waals surface area contributed by atoms with Gasteiger partial charge in [0.2, 0.25) is 0 Å². The minimum Gasteiger partial charge on any atom is -0.743 e. The van der Waals surface area contributed by atoms with Gasteiger partial charge in [-0.1, -0.05) is 10.4 Å². The Morgan fingerprint density at radius 1 is 1.75 bits per heavy atom. The molecular formula is C2H5N4NaS. The molecular weight excluding hydrogens is 135 g/mol. The summed E-state index contributed by atoms with van der Waals surface area (Å²) in [6.45, 7) is 0. The van der Waals surface area contributed by atoms with Crippen molar-refractivity contribution in [2.75, 3.05) is 7.05 Å². The Balaban J connectivity index is 0.000000490. The molecule has 6 heteroatoms. The predicted molar refractivity (Wildman–Crippen MR) is 26.9 cm³/mol. The molecule has 1 aliphatic heterocycles. The van der Waals surface area contributed by atoms with Crippen LogP contribution in [0.1, 0.15) is 0 Å². The fraction of sp³-hybridized carbons (Fsp3) is 1.00. The van der Waals surface area contributed by atoms with Gasteiger partial charge >= 0.3 is 29.6 Å². The van der Waals surface area contributed by atoms with Crippen molar-refractivity contribution >= 4 is 12.6 Å². The molecule has 1 aliphatic rings. The van der Waals surface area contributed by atoms with E-state index in [4.69, 9.17) is 12.6 Å². The van der Waals surface area contributed by atoms with E-state index >= 15 is 0 Å². The molecule has 1 heterocycles. The molecule has 1 atom stereocenters. The van der Waals surface area contributed by atoms with Gasteiger partial charge in [-0.2, -0.15) is 0 Å². The Morgan fingerprint density at radius 3 is 2.50 bits per heavy atom. The van der Waals surface area contributed by atoms with Gasteiger partial charge in [0.15, 0.2) is 0 Å². The Kier molecular flexibility index (Phi) is 3.80. The normalized spacial score (nSPS) is 24.8. The monoisotopic (exact) mass is 140 g/mol. The summed E-state index contributed by atoms with van der Waals surface area (Å²) in [5, 5.41) is 8.57. The molecule has 1 rings (SSSR count). The van der Waals surface area contributed by atoms with Crippen molar-refractivity contribution in [1.82, 2.24) is 10.4 Å². The zero-order valence-electron chi connectivity index (χ0n) is 4.83. The topological polar surface area (TPSA) is 40.0 Å². The van der Waals surface area contributed by atoms with Crippen LogP contribution in [-0.2, 0) is 12.6 Å². The molecule has 0 spiro atoms. The van der Waals surface area contributed by atoms with E-state index < -0.39 is 0 Å². The van der Waals surface area contributed by atoms with Gasteiger partial charge in [0.25, 0.3) is 0 Å². The van der Waals surface area contributed by atoms with E-state index in [-0.39, 0.29) is 35.1 Å². The summed E-state index contributed by atoms with van der Waals surface area (Å²) in [6, 6.07) is 0. The second kappa shape index (κ2) is 3.55. The summed E-state index contributed by atoms with van der Waals surface area (Å²) < 4.78 is 0. The van der Waals surface area contributed by atoms with Gasteiger partial charge in [0.05, 0.1) is 0 Å². The molecule has 0 fully saturated rings. The maximum atomic E-state index is 4.75. The third-order valence-electron chi connectivity index (χ3n) is 0.693. The van der Waals surface area contributed by atoms with E-state index in [9.17, 15) is 0 Å². The molecule has 0 aromatic carbocycles. The van der Waals surface area contributed by atoms with Crippen LogP contribution in [0.25, 0.3) is 0 Å². The third-order valence-corrected chi connectivity index (χ3v) is 1.10. The van der Waals surface area contributed by atoms with Gasteiger partial charge in [-0.25, -0.2) is 0 Å². The number of rotatable bonds is 0. The van der Waals surface area contributed by atoms with Gasteiger partial charge in [-0.05, 0) is 0 Å². The van der Waals surface area contributed by atoms with Crippen LogP contribution in [0.15, 0.2) is 10.4 Å². The van der Waals surface area contributed by atoms with Gasteiger partial charge in [0, 0.05) is 12.5 Å². The SMILES string of the molecule is CN1N=NNC1[S-].[Na+]. The van der Waals surface area contributed by atoms with Crippen LogP contribution >= 0.6 is 0 Å². The first-order valence-corrected chi connectivity index (χ1v) is 2.32. The standard InChI is InChI=1S/C2H6N4S.Na/c1-6-2(7)3-4-5-6;/h2,7H,1H3,(H,3,5);/q;+1/p-1. The predicted octanol–water partition coefficient (Wildman–Crippen LogP) is -3.36. The summed E-state index contributed by atoms with van der Waals surface area (Å²) in [5.74, 6) is 0. The first kappa shape index (κ1) is 8.55. The molecule has 8 heavy (non-hydrogen) atoms. The van der Waals surface area contributed by atoms with Crippen molar-refractivity contribution in [2.24, 2.45) is 10.4 Å². The maximum Gasteiger partial charge on any atom is 1.00 e. The molecule has 0 radical (unpaired) electrons. The van der Waals surface area contributed by atoms with Gasteiger partial charge < -0.3 is 12.6 Å². The number of nitrogens with one attached hydrogen (secondary N) is 1. The van der Waals surface area contributed by atoms with Crippen LogP contribution in [0.3, 0.4) is 0 Å². The van der Waals surface area contributed by atoms with E-state index in [1.54, 1.807) is 12.1 Å². The Labute approximate surface area is 75.4 Å². The first-order valence-electron chi connectivity index (χ1n) is 1.85. The molecule has 0 saturated heterocycles. The van der Waals surface area contributed by atoms with E-state index in [2.05, 4.69) is 15.9 Å². The summed E-state index contributed by atoms with van der Waals surface area (Å²) in [7, 11) is 1.77. The van der Waals surface area contributed by atoms with Crippen molar-refractivity contribution < 1.29 is 29.6 Å². The van der Waals surface area contributed by atoms with Crippen molar-refractivity contribution in [3.8, 4) is 0 Å². The molecule has 0 amide bonds. The number of hydrogen-bond donors (Lipinski definition) is 1. The Morgan fingerprint density at radius 2 is 2.38 bits per heavy atom. The summed E-state index contributed by atoms with van der Waals surface area (Å²) in [5.41, 5.74) is 2.42. The van der Waals surface area contributed by atoms with Crippen LogP contribution in [-0.4, -0.2) is 17.6 Å². The van der Waals surface area contributed by atoms with E-state index in [0.29, 0.717) is 0 Å². The molecule has 4 nitrogen and oxygen atoms in total. The zero-order valence-corrected chi connectivity index (χ0v) is 7.64. The quantitative estimate of drug-likeness (QED) is 0.282. The van der Waals surface area contributed by atoms with Crippen molar-refractivity contribution in [3.05, 3.63) is 0 Å². The summed E-state index contributed by atoms with van der Waals surface area (Å²) >= 11 is 4.75. The first-order chi connectivity index (χ1) is 3.30. The smallest absolute Gasteiger partial charge is 0.743 e. The fourth-order valence-corrected chi connectivity index (χ4v) is 0.366. The van der Waals surface area contributed by atoms with E-state index in [1.165, 1.54) is 0 Å². The van der Waals surface area contributed by atoms with Crippen LogP contribution in [0.2, 0.25) is 0 Å². The maximum absolute atomic E-state index is 4.75. The minimum absolute atomic E-state index is 0. The van der Waals surface area contributed by atoms with Crippen molar-refractivity contribution in [1.29, 1.82) is 0 Å². The zero-order chi connectivity index (χ0) is 5.28. The summed E-state index contributed by atoms with van der Waals surface area (Å²) in [4.78, 5) is 0. The van der Waals surface area contributed by atoms with Gasteiger partial charge in [-0.3, -0.25) is 10.4 Å². The average Bonchev–Trinajstić information content (AvgIpc) is 1.91. The average molecular weight is 140 g/mol. The van der Waals surface area contributed by atoms with Crippen LogP contribution < -0.4 is 35.0 Å². The van der Waals surface area contributed by atoms with Crippen LogP contribution in [0, 0.1) is 0 Å². The Hall–Kier alpha value is 0.550. The molecule has 1 unspecified atom stereocenters. The number of hydrogen-bond acceptors (Lipinski definition) is 5.